The smallest absolute Gasteiger partial charge is 0.262 e. The fourth-order valence-electron chi connectivity index (χ4n) is 3.08. The van der Waals surface area contributed by atoms with Crippen molar-refractivity contribution < 1.29 is 14.4 Å². The van der Waals surface area contributed by atoms with E-state index in [1.54, 1.807) is 22.9 Å². The van der Waals surface area contributed by atoms with E-state index >= 15 is 0 Å². The third kappa shape index (κ3) is 3.92. The summed E-state index contributed by atoms with van der Waals surface area (Å²) in [4.78, 5) is 38.5. The van der Waals surface area contributed by atoms with Gasteiger partial charge in [-0.15, -0.1) is 0 Å². The Balaban J connectivity index is 1.46. The maximum absolute atomic E-state index is 12.5. The first-order valence-corrected chi connectivity index (χ1v) is 9.88. The van der Waals surface area contributed by atoms with Crippen LogP contribution in [0, 0.1) is 0 Å². The van der Waals surface area contributed by atoms with Gasteiger partial charge in [-0.25, -0.2) is 4.68 Å². The van der Waals surface area contributed by atoms with Crippen molar-refractivity contribution >= 4 is 58.3 Å². The van der Waals surface area contributed by atoms with Gasteiger partial charge in [0.15, 0.2) is 0 Å². The Morgan fingerprint density at radius 1 is 0.933 bits per heavy atom. The van der Waals surface area contributed by atoms with Gasteiger partial charge in [-0.05, 0) is 29.8 Å². The highest BCUT2D eigenvalue weighted by molar-refractivity contribution is 6.43. The van der Waals surface area contributed by atoms with E-state index in [0.29, 0.717) is 17.4 Å². The van der Waals surface area contributed by atoms with Gasteiger partial charge in [-0.2, -0.15) is 5.10 Å². The van der Waals surface area contributed by atoms with Crippen molar-refractivity contribution in [2.45, 2.75) is 6.54 Å². The molecular weight excluding hydrogens is 451 g/mol. The molecule has 0 fully saturated rings. The van der Waals surface area contributed by atoms with Crippen LogP contribution in [0.5, 0.6) is 0 Å². The number of hydrogen-bond acceptors (Lipinski definition) is 4. The van der Waals surface area contributed by atoms with Crippen molar-refractivity contribution in [1.29, 1.82) is 0 Å². The highest BCUT2D eigenvalue weighted by Crippen LogP contribution is 2.31. The van der Waals surface area contributed by atoms with E-state index in [4.69, 9.17) is 34.8 Å². The number of nitrogens with one attached hydrogen (secondary N) is 1. The molecule has 1 aromatic heterocycles. The Bertz CT molecular complexity index is 1130. The zero-order valence-corrected chi connectivity index (χ0v) is 17.5. The van der Waals surface area contributed by atoms with Crippen LogP contribution >= 0.6 is 34.8 Å². The molecule has 1 aliphatic rings. The van der Waals surface area contributed by atoms with Crippen LogP contribution in [0.3, 0.4) is 0 Å². The molecule has 0 saturated carbocycles. The van der Waals surface area contributed by atoms with E-state index in [9.17, 15) is 14.4 Å². The molecule has 0 saturated heterocycles. The summed E-state index contributed by atoms with van der Waals surface area (Å²) >= 11 is 17.8. The number of halogens is 3. The number of carbonyl (C=O) groups excluding carboxylic acids is 3. The zero-order chi connectivity index (χ0) is 21.4. The minimum Gasteiger partial charge on any atom is -0.309 e. The lowest BCUT2D eigenvalue weighted by molar-refractivity contribution is -0.116. The van der Waals surface area contributed by atoms with Gasteiger partial charge < -0.3 is 5.32 Å². The molecule has 152 valence electrons. The van der Waals surface area contributed by atoms with Crippen molar-refractivity contribution in [3.05, 3.63) is 80.4 Å². The second-order valence-electron chi connectivity index (χ2n) is 6.56. The number of amides is 3. The monoisotopic (exact) mass is 462 g/mol. The molecule has 0 unspecified atom stereocenters. The van der Waals surface area contributed by atoms with E-state index in [-0.39, 0.29) is 21.2 Å². The number of benzene rings is 2. The van der Waals surface area contributed by atoms with Crippen LogP contribution in [0.25, 0.3) is 0 Å². The topological polar surface area (TPSA) is 84.3 Å². The van der Waals surface area contributed by atoms with Crippen LogP contribution in [0.15, 0.2) is 48.7 Å². The summed E-state index contributed by atoms with van der Waals surface area (Å²) in [5.41, 5.74) is 1.18. The molecule has 2 heterocycles. The molecule has 0 atom stereocenters. The molecule has 0 bridgehead atoms. The summed E-state index contributed by atoms with van der Waals surface area (Å²) in [6.45, 7) is -0.0441. The van der Waals surface area contributed by atoms with Crippen molar-refractivity contribution in [2.75, 3.05) is 11.9 Å². The maximum Gasteiger partial charge on any atom is 0.262 e. The van der Waals surface area contributed by atoms with Gasteiger partial charge in [-0.1, -0.05) is 46.9 Å². The van der Waals surface area contributed by atoms with Gasteiger partial charge >= 0.3 is 0 Å². The van der Waals surface area contributed by atoms with Crippen molar-refractivity contribution in [3.63, 3.8) is 0 Å². The third-order valence-electron chi connectivity index (χ3n) is 4.54. The van der Waals surface area contributed by atoms with Crippen LogP contribution in [-0.2, 0) is 11.3 Å². The number of rotatable bonds is 5. The Morgan fingerprint density at radius 3 is 2.13 bits per heavy atom. The SMILES string of the molecule is O=C(CN1C(=O)c2cc(Cl)c(Cl)cc2C1=O)Nc1ccnn1Cc1ccc(Cl)cc1. The predicted octanol–water partition coefficient (Wildman–Crippen LogP) is 4.13. The fraction of sp³-hybridized carbons (Fsp3) is 0.100. The van der Waals surface area contributed by atoms with E-state index in [1.807, 2.05) is 12.1 Å². The van der Waals surface area contributed by atoms with Crippen LogP contribution in [-0.4, -0.2) is 38.9 Å². The van der Waals surface area contributed by atoms with E-state index in [0.717, 1.165) is 10.5 Å². The first-order valence-electron chi connectivity index (χ1n) is 8.75. The molecule has 30 heavy (non-hydrogen) atoms. The lowest BCUT2D eigenvalue weighted by Gasteiger charge is -2.14. The average molecular weight is 464 g/mol. The molecule has 7 nitrogen and oxygen atoms in total. The van der Waals surface area contributed by atoms with Crippen LogP contribution in [0.2, 0.25) is 15.1 Å². The molecule has 3 amide bonds. The van der Waals surface area contributed by atoms with Gasteiger partial charge in [0, 0.05) is 11.1 Å². The molecular formula is C20H13Cl3N4O3. The van der Waals surface area contributed by atoms with Gasteiger partial charge in [0.1, 0.15) is 12.4 Å². The quantitative estimate of drug-likeness (QED) is 0.577. The molecule has 4 rings (SSSR count). The summed E-state index contributed by atoms with van der Waals surface area (Å²) in [7, 11) is 0. The number of aromatic nitrogens is 2. The molecule has 0 radical (unpaired) electrons. The van der Waals surface area contributed by atoms with E-state index in [1.165, 1.54) is 18.3 Å². The minimum absolute atomic E-state index is 0.120. The normalized spacial score (nSPS) is 13.0. The first-order chi connectivity index (χ1) is 14.3. The lowest BCUT2D eigenvalue weighted by Crippen LogP contribution is -2.37. The Kier molecular flexibility index (Phi) is 5.51. The Morgan fingerprint density at radius 2 is 1.53 bits per heavy atom. The number of carbonyl (C=O) groups is 3. The molecule has 2 aromatic carbocycles. The minimum atomic E-state index is -0.599. The van der Waals surface area contributed by atoms with Gasteiger partial charge in [0.05, 0.1) is 33.9 Å². The van der Waals surface area contributed by atoms with E-state index in [2.05, 4.69) is 10.4 Å². The van der Waals surface area contributed by atoms with Crippen LogP contribution in [0.1, 0.15) is 26.3 Å². The number of anilines is 1. The molecule has 10 heteroatoms. The average Bonchev–Trinajstić information content (AvgIpc) is 3.22. The second kappa shape index (κ2) is 8.10. The molecule has 0 aliphatic carbocycles. The lowest BCUT2D eigenvalue weighted by atomic mass is 10.1. The van der Waals surface area contributed by atoms with Crippen LogP contribution < -0.4 is 5.32 Å². The maximum atomic E-state index is 12.5. The van der Waals surface area contributed by atoms with Crippen LogP contribution in [0.4, 0.5) is 5.82 Å². The molecule has 1 aliphatic heterocycles. The van der Waals surface area contributed by atoms with Crippen molar-refractivity contribution in [3.8, 4) is 0 Å². The summed E-state index contributed by atoms with van der Waals surface area (Å²) in [6, 6.07) is 11.5. The summed E-state index contributed by atoms with van der Waals surface area (Å²) in [6.07, 6.45) is 1.54. The molecule has 3 aromatic rings. The summed E-state index contributed by atoms with van der Waals surface area (Å²) in [5.74, 6) is -1.31. The third-order valence-corrected chi connectivity index (χ3v) is 5.52. The fourth-order valence-corrected chi connectivity index (χ4v) is 3.53. The summed E-state index contributed by atoms with van der Waals surface area (Å²) in [5, 5.41) is 7.81. The number of hydrogen-bond donors (Lipinski definition) is 1. The summed E-state index contributed by atoms with van der Waals surface area (Å²) < 4.78 is 1.59. The van der Waals surface area contributed by atoms with Crippen molar-refractivity contribution in [1.82, 2.24) is 14.7 Å². The predicted molar refractivity (Wildman–Crippen MR) is 113 cm³/mol. The first kappa shape index (κ1) is 20.4. The van der Waals surface area contributed by atoms with E-state index < -0.39 is 24.3 Å². The number of fused-ring (bicyclic) bond motifs is 1. The highest BCUT2D eigenvalue weighted by atomic mass is 35.5. The standard InChI is InChI=1S/C20H13Cl3N4O3/c21-12-3-1-11(2-4-12)9-27-17(5-6-24-27)25-18(28)10-26-19(29)13-7-15(22)16(23)8-14(13)20(26)30/h1-8H,9-10H2,(H,25,28). The van der Waals surface area contributed by atoms with Gasteiger partial charge in [-0.3, -0.25) is 19.3 Å². The Labute approximate surface area is 186 Å². The Hall–Kier alpha value is -2.87. The second-order valence-corrected chi connectivity index (χ2v) is 7.81. The number of nitrogens with zero attached hydrogens (tertiary/aromatic N) is 3. The van der Waals surface area contributed by atoms with Gasteiger partial charge in [0.25, 0.3) is 11.8 Å². The zero-order valence-electron chi connectivity index (χ0n) is 15.2. The van der Waals surface area contributed by atoms with Gasteiger partial charge in [0.2, 0.25) is 5.91 Å². The van der Waals surface area contributed by atoms with Crippen molar-refractivity contribution in [2.24, 2.45) is 0 Å². The largest absolute Gasteiger partial charge is 0.309 e. The highest BCUT2D eigenvalue weighted by Gasteiger charge is 2.37. The molecule has 0 spiro atoms. The number of imide groups is 1. The molecule has 1 N–H and O–H groups in total.